The lowest BCUT2D eigenvalue weighted by Gasteiger charge is -2.13. The number of nitrogens with one attached hydrogen (secondary N) is 1. The highest BCUT2D eigenvalue weighted by atomic mass is 35.5. The summed E-state index contributed by atoms with van der Waals surface area (Å²) < 4.78 is 32.5. The van der Waals surface area contributed by atoms with Gasteiger partial charge in [-0.05, 0) is 42.0 Å². The third kappa shape index (κ3) is 5.04. The molecule has 0 unspecified atom stereocenters. The average molecular weight is 374 g/mol. The largest absolute Gasteiger partial charge is 0.488 e. The van der Waals surface area contributed by atoms with Gasteiger partial charge < -0.3 is 10.1 Å². The van der Waals surface area contributed by atoms with Gasteiger partial charge in [0, 0.05) is 29.2 Å². The molecular formula is C21H18ClF2NO. The molecule has 3 rings (SSSR count). The van der Waals surface area contributed by atoms with Gasteiger partial charge in [0.05, 0.1) is 0 Å². The van der Waals surface area contributed by atoms with Crippen molar-refractivity contribution in [2.24, 2.45) is 0 Å². The van der Waals surface area contributed by atoms with Crippen molar-refractivity contribution in [3.63, 3.8) is 0 Å². The standard InChI is InChI=1S/C21H18ClF2NO/c22-18-7-10-21(26-14-16-3-1-2-4-20(16)24)17(11-18)13-25-12-15-5-8-19(23)9-6-15/h1-11,25H,12-14H2. The average Bonchev–Trinajstić information content (AvgIpc) is 2.64. The van der Waals surface area contributed by atoms with E-state index in [9.17, 15) is 8.78 Å². The second-order valence-corrected chi connectivity index (χ2v) is 6.30. The fraction of sp³-hybridized carbons (Fsp3) is 0.143. The maximum Gasteiger partial charge on any atom is 0.129 e. The van der Waals surface area contributed by atoms with Crippen LogP contribution in [0.1, 0.15) is 16.7 Å². The molecule has 2 nitrogen and oxygen atoms in total. The lowest BCUT2D eigenvalue weighted by molar-refractivity contribution is 0.296. The van der Waals surface area contributed by atoms with E-state index in [4.69, 9.17) is 16.3 Å². The van der Waals surface area contributed by atoms with Gasteiger partial charge in [-0.2, -0.15) is 0 Å². The van der Waals surface area contributed by atoms with Crippen molar-refractivity contribution in [3.05, 3.63) is 100 Å². The molecule has 3 aromatic carbocycles. The summed E-state index contributed by atoms with van der Waals surface area (Å²) in [6.45, 7) is 1.24. The van der Waals surface area contributed by atoms with E-state index in [1.54, 1.807) is 42.5 Å². The van der Waals surface area contributed by atoms with Crippen molar-refractivity contribution < 1.29 is 13.5 Å². The third-order valence-corrected chi connectivity index (χ3v) is 4.16. The first-order valence-electron chi connectivity index (χ1n) is 8.21. The zero-order valence-corrected chi connectivity index (χ0v) is 14.8. The van der Waals surface area contributed by atoms with Crippen LogP contribution >= 0.6 is 11.6 Å². The highest BCUT2D eigenvalue weighted by Crippen LogP contribution is 2.24. The van der Waals surface area contributed by atoms with E-state index in [0.717, 1.165) is 11.1 Å². The Kier molecular flexibility index (Phi) is 6.21. The molecule has 0 aromatic heterocycles. The van der Waals surface area contributed by atoms with Gasteiger partial charge >= 0.3 is 0 Å². The first kappa shape index (κ1) is 18.4. The SMILES string of the molecule is Fc1ccc(CNCc2cc(Cl)ccc2OCc2ccccc2F)cc1. The lowest BCUT2D eigenvalue weighted by atomic mass is 10.1. The van der Waals surface area contributed by atoms with Gasteiger partial charge in [-0.1, -0.05) is 41.9 Å². The van der Waals surface area contributed by atoms with Crippen LogP contribution in [0.4, 0.5) is 8.78 Å². The Labute approximate surface area is 156 Å². The first-order valence-corrected chi connectivity index (χ1v) is 8.59. The highest BCUT2D eigenvalue weighted by molar-refractivity contribution is 6.30. The van der Waals surface area contributed by atoms with E-state index in [2.05, 4.69) is 5.32 Å². The zero-order valence-electron chi connectivity index (χ0n) is 14.0. The van der Waals surface area contributed by atoms with Crippen molar-refractivity contribution >= 4 is 11.6 Å². The van der Waals surface area contributed by atoms with Crippen molar-refractivity contribution in [1.82, 2.24) is 5.32 Å². The molecule has 134 valence electrons. The van der Waals surface area contributed by atoms with Gasteiger partial charge in [-0.25, -0.2) is 8.78 Å². The van der Waals surface area contributed by atoms with E-state index >= 15 is 0 Å². The number of halogens is 3. The van der Waals surface area contributed by atoms with Gasteiger partial charge in [0.2, 0.25) is 0 Å². The van der Waals surface area contributed by atoms with Crippen molar-refractivity contribution in [3.8, 4) is 5.75 Å². The molecule has 1 N–H and O–H groups in total. The number of benzene rings is 3. The van der Waals surface area contributed by atoms with Gasteiger partial charge in [0.25, 0.3) is 0 Å². The smallest absolute Gasteiger partial charge is 0.129 e. The van der Waals surface area contributed by atoms with Crippen LogP contribution in [0.3, 0.4) is 0 Å². The number of rotatable bonds is 7. The molecule has 0 bridgehead atoms. The zero-order chi connectivity index (χ0) is 18.4. The summed E-state index contributed by atoms with van der Waals surface area (Å²) in [7, 11) is 0. The van der Waals surface area contributed by atoms with E-state index in [1.807, 2.05) is 6.07 Å². The van der Waals surface area contributed by atoms with Crippen LogP contribution in [0.5, 0.6) is 5.75 Å². The Hall–Kier alpha value is -2.43. The predicted octanol–water partition coefficient (Wildman–Crippen LogP) is 5.49. The number of hydrogen-bond donors (Lipinski definition) is 1. The van der Waals surface area contributed by atoms with Crippen LogP contribution < -0.4 is 10.1 Å². The Morgan fingerprint density at radius 1 is 0.846 bits per heavy atom. The van der Waals surface area contributed by atoms with Gasteiger partial charge in [0.15, 0.2) is 0 Å². The Morgan fingerprint density at radius 3 is 2.38 bits per heavy atom. The minimum Gasteiger partial charge on any atom is -0.488 e. The molecule has 0 amide bonds. The molecule has 3 aromatic rings. The predicted molar refractivity (Wildman–Crippen MR) is 99.1 cm³/mol. The first-order chi connectivity index (χ1) is 12.6. The molecule has 0 saturated heterocycles. The number of ether oxygens (including phenoxy) is 1. The van der Waals surface area contributed by atoms with Crippen LogP contribution in [0.2, 0.25) is 5.02 Å². The normalized spacial score (nSPS) is 10.7. The summed E-state index contributed by atoms with van der Waals surface area (Å²) in [5, 5.41) is 3.88. The molecule has 0 radical (unpaired) electrons. The van der Waals surface area contributed by atoms with Gasteiger partial charge in [0.1, 0.15) is 24.0 Å². The van der Waals surface area contributed by atoms with Crippen LogP contribution in [0, 0.1) is 11.6 Å². The maximum atomic E-state index is 13.7. The highest BCUT2D eigenvalue weighted by Gasteiger charge is 2.07. The number of hydrogen-bond acceptors (Lipinski definition) is 2. The molecule has 26 heavy (non-hydrogen) atoms. The van der Waals surface area contributed by atoms with Crippen LogP contribution in [-0.4, -0.2) is 0 Å². The molecule has 5 heteroatoms. The monoisotopic (exact) mass is 373 g/mol. The Balaban J connectivity index is 1.63. The van der Waals surface area contributed by atoms with E-state index in [1.165, 1.54) is 18.2 Å². The molecule has 0 aliphatic rings. The summed E-state index contributed by atoms with van der Waals surface area (Å²) in [5.74, 6) is 0.0918. The van der Waals surface area contributed by atoms with E-state index in [0.29, 0.717) is 29.4 Å². The second-order valence-electron chi connectivity index (χ2n) is 5.86. The van der Waals surface area contributed by atoms with Crippen LogP contribution in [-0.2, 0) is 19.7 Å². The molecule has 0 fully saturated rings. The van der Waals surface area contributed by atoms with Crippen molar-refractivity contribution in [1.29, 1.82) is 0 Å². The summed E-state index contributed by atoms with van der Waals surface area (Å²) in [6.07, 6.45) is 0. The van der Waals surface area contributed by atoms with Crippen LogP contribution in [0.15, 0.2) is 66.7 Å². The molecule has 0 spiro atoms. The molecule has 0 saturated carbocycles. The maximum absolute atomic E-state index is 13.7. The van der Waals surface area contributed by atoms with Crippen molar-refractivity contribution in [2.75, 3.05) is 0 Å². The molecule has 0 aliphatic heterocycles. The van der Waals surface area contributed by atoms with Crippen LogP contribution in [0.25, 0.3) is 0 Å². The topological polar surface area (TPSA) is 21.3 Å². The lowest BCUT2D eigenvalue weighted by Crippen LogP contribution is -2.14. The Morgan fingerprint density at radius 2 is 1.62 bits per heavy atom. The molecule has 0 heterocycles. The fourth-order valence-corrected chi connectivity index (χ4v) is 2.74. The van der Waals surface area contributed by atoms with Crippen molar-refractivity contribution in [2.45, 2.75) is 19.7 Å². The molecule has 0 atom stereocenters. The fourth-order valence-electron chi connectivity index (χ4n) is 2.54. The minimum atomic E-state index is -0.294. The summed E-state index contributed by atoms with van der Waals surface area (Å²) in [6, 6.07) is 18.2. The Bertz CT molecular complexity index is 868. The summed E-state index contributed by atoms with van der Waals surface area (Å²) in [4.78, 5) is 0. The van der Waals surface area contributed by atoms with Gasteiger partial charge in [-0.15, -0.1) is 0 Å². The third-order valence-electron chi connectivity index (χ3n) is 3.92. The summed E-state index contributed by atoms with van der Waals surface area (Å²) in [5.41, 5.74) is 2.34. The molecule has 0 aliphatic carbocycles. The minimum absolute atomic E-state index is 0.138. The summed E-state index contributed by atoms with van der Waals surface area (Å²) >= 11 is 6.09. The second kappa shape index (κ2) is 8.79. The molecular weight excluding hydrogens is 356 g/mol. The van der Waals surface area contributed by atoms with Gasteiger partial charge in [-0.3, -0.25) is 0 Å². The van der Waals surface area contributed by atoms with E-state index in [-0.39, 0.29) is 18.2 Å². The quantitative estimate of drug-likeness (QED) is 0.591. The van der Waals surface area contributed by atoms with E-state index < -0.39 is 0 Å².